The van der Waals surface area contributed by atoms with Gasteiger partial charge < -0.3 is 0 Å². The molecule has 2 amide bonds. The van der Waals surface area contributed by atoms with Gasteiger partial charge in [0.25, 0.3) is 0 Å². The van der Waals surface area contributed by atoms with Gasteiger partial charge in [0.05, 0.1) is 0 Å². The first-order valence-corrected chi connectivity index (χ1v) is 0.936. The van der Waals surface area contributed by atoms with Crippen LogP contribution in [0, 0.1) is 0 Å². The number of amides is 2. The van der Waals surface area contributed by atoms with Crippen molar-refractivity contribution in [2.24, 2.45) is 5.84 Å². The first-order chi connectivity index (χ1) is 2.27. The average Bonchev–Trinajstić information content (AvgIpc) is 1.38. The minimum Gasteiger partial charge on any atom is -0.245 e. The molecule has 0 aromatic rings. The lowest BCUT2D eigenvalue weighted by molar-refractivity contribution is 0.247. The number of nitrogens with zero attached hydrogens (tertiary/aromatic N) is 1. The van der Waals surface area contributed by atoms with E-state index in [-0.39, 0.29) is 0 Å². The molecule has 4 heteroatoms. The van der Waals surface area contributed by atoms with Crippen LogP contribution in [0.2, 0.25) is 0 Å². The largest absolute Gasteiger partial charge is 0.371 e. The molecular weight excluding hydrogens is 70.0 g/mol. The Balaban J connectivity index is 2.85. The molecule has 0 aromatic heterocycles. The van der Waals surface area contributed by atoms with Gasteiger partial charge in [-0.15, -0.1) is 5.43 Å². The molecule has 0 spiro atoms. The lowest BCUT2D eigenvalue weighted by Gasteiger charge is -1.73. The Labute approximate surface area is 29.1 Å². The highest BCUT2D eigenvalue weighted by Crippen LogP contribution is 1.44. The van der Waals surface area contributed by atoms with E-state index in [0.717, 1.165) is 0 Å². The standard InChI is InChI=1S/CH3N3O/c2-1(5)4-3/h2H,3H2. The number of nitrogens with two attached hydrogens (primary N) is 1. The van der Waals surface area contributed by atoms with Crippen molar-refractivity contribution < 1.29 is 4.79 Å². The predicted molar refractivity (Wildman–Crippen MR) is 14.8 cm³/mol. The molecule has 28 valence electrons. The number of rotatable bonds is 0. The summed E-state index contributed by atoms with van der Waals surface area (Å²) in [5.41, 5.74) is 8.31. The minimum atomic E-state index is -1.09. The number of urea groups is 1. The minimum absolute atomic E-state index is 1.09. The second-order valence-corrected chi connectivity index (χ2v) is 0.434. The number of carbonyl (C=O) groups excluding carboxylic acids is 1. The lowest BCUT2D eigenvalue weighted by Crippen LogP contribution is -2.20. The number of hydrogen-bond acceptors (Lipinski definition) is 2. The summed E-state index contributed by atoms with van der Waals surface area (Å²) in [6.07, 6.45) is 0. The molecule has 0 bridgehead atoms. The zero-order valence-electron chi connectivity index (χ0n) is 2.43. The summed E-state index contributed by atoms with van der Waals surface area (Å²) < 4.78 is 0. The fraction of sp³-hybridized carbons (Fsp3) is 0. The summed E-state index contributed by atoms with van der Waals surface area (Å²) in [4.78, 5) is 9.19. The lowest BCUT2D eigenvalue weighted by atomic mass is 11.2. The van der Waals surface area contributed by atoms with Gasteiger partial charge in [0, 0.05) is 0 Å². The molecule has 0 rings (SSSR count). The topological polar surface area (TPSA) is 81.0 Å². The van der Waals surface area contributed by atoms with Gasteiger partial charge in [0.2, 0.25) is 0 Å². The monoisotopic (exact) mass is 73.0 g/mol. The quantitative estimate of drug-likeness (QED) is 0.223. The van der Waals surface area contributed by atoms with Crippen LogP contribution in [-0.2, 0) is 0 Å². The fourth-order valence-corrected chi connectivity index (χ4v) is 0. The summed E-state index contributed by atoms with van der Waals surface area (Å²) in [6.45, 7) is 0. The Bertz CT molecular complexity index is 42.2. The summed E-state index contributed by atoms with van der Waals surface area (Å²) in [6, 6.07) is -1.09. The molecular formula is CH3N3O. The molecule has 0 unspecified atom stereocenters. The van der Waals surface area contributed by atoms with Crippen molar-refractivity contribution >= 4 is 6.03 Å². The van der Waals surface area contributed by atoms with Gasteiger partial charge in [0.15, 0.2) is 0 Å². The highest BCUT2D eigenvalue weighted by Gasteiger charge is 1.80. The second kappa shape index (κ2) is 1.54. The van der Waals surface area contributed by atoms with Crippen LogP contribution in [0.5, 0.6) is 0 Å². The molecule has 0 saturated carbocycles. The number of hydrogen-bond donors (Lipinski definition) is 1. The van der Waals surface area contributed by atoms with Gasteiger partial charge in [-0.2, -0.15) is 0 Å². The van der Waals surface area contributed by atoms with E-state index >= 15 is 0 Å². The molecule has 0 aliphatic heterocycles. The van der Waals surface area contributed by atoms with Crippen LogP contribution in [-0.4, -0.2) is 6.03 Å². The van der Waals surface area contributed by atoms with E-state index in [9.17, 15) is 4.79 Å². The zero-order valence-corrected chi connectivity index (χ0v) is 2.43. The van der Waals surface area contributed by atoms with E-state index in [0.29, 0.717) is 0 Å². The maximum absolute atomic E-state index is 9.19. The van der Waals surface area contributed by atoms with Crippen LogP contribution in [0.4, 0.5) is 4.79 Å². The molecule has 3 N–H and O–H groups in total. The highest BCUT2D eigenvalue weighted by atomic mass is 16.2. The summed E-state index contributed by atoms with van der Waals surface area (Å²) >= 11 is 0. The smallest absolute Gasteiger partial charge is 0.245 e. The van der Waals surface area contributed by atoms with Gasteiger partial charge in [0.1, 0.15) is 0 Å². The van der Waals surface area contributed by atoms with Crippen LogP contribution in [0.1, 0.15) is 0 Å². The molecule has 0 saturated heterocycles. The first-order valence-electron chi connectivity index (χ1n) is 0.936. The van der Waals surface area contributed by atoms with Crippen molar-refractivity contribution in [1.29, 1.82) is 0 Å². The molecule has 0 aliphatic rings. The van der Waals surface area contributed by atoms with E-state index < -0.39 is 6.03 Å². The van der Waals surface area contributed by atoms with Gasteiger partial charge in [-0.1, -0.05) is 0 Å². The third-order valence-electron chi connectivity index (χ3n) is 0.117. The van der Waals surface area contributed by atoms with Crippen LogP contribution in [0.25, 0.3) is 0 Å². The van der Waals surface area contributed by atoms with Crippen LogP contribution in [0.15, 0.2) is 0 Å². The van der Waals surface area contributed by atoms with Crippen molar-refractivity contribution in [3.05, 3.63) is 0 Å². The van der Waals surface area contributed by atoms with Crippen molar-refractivity contribution in [2.45, 2.75) is 0 Å². The van der Waals surface area contributed by atoms with Crippen molar-refractivity contribution in [2.75, 3.05) is 0 Å². The SMILES string of the molecule is [NH]C(=O)[N]N. The third-order valence-corrected chi connectivity index (χ3v) is 0.117. The molecule has 0 fully saturated rings. The van der Waals surface area contributed by atoms with Gasteiger partial charge in [-0.3, -0.25) is 0 Å². The number of nitrogens with one attached hydrogen (secondary N) is 1. The zero-order chi connectivity index (χ0) is 4.28. The van der Waals surface area contributed by atoms with Crippen LogP contribution < -0.4 is 17.0 Å². The predicted octanol–water partition coefficient (Wildman–Crippen LogP) is -1.13. The van der Waals surface area contributed by atoms with Gasteiger partial charge in [-0.05, 0) is 0 Å². The highest BCUT2D eigenvalue weighted by molar-refractivity contribution is 5.69. The fourth-order valence-electron chi connectivity index (χ4n) is 0. The summed E-state index contributed by atoms with van der Waals surface area (Å²) in [5, 5.41) is 0. The Hall–Kier alpha value is -0.770. The van der Waals surface area contributed by atoms with Crippen LogP contribution in [0.3, 0.4) is 0 Å². The van der Waals surface area contributed by atoms with E-state index in [1.165, 1.54) is 0 Å². The average molecular weight is 73.1 g/mol. The molecule has 0 aliphatic carbocycles. The summed E-state index contributed by atoms with van der Waals surface area (Å²) in [7, 11) is 0. The van der Waals surface area contributed by atoms with E-state index in [1.54, 1.807) is 0 Å². The van der Waals surface area contributed by atoms with Crippen LogP contribution >= 0.6 is 0 Å². The molecule has 2 radical (unpaired) electrons. The Kier molecular flexibility index (Phi) is 1.30. The Morgan fingerprint density at radius 1 is 2.00 bits per heavy atom. The normalized spacial score (nSPS) is 6.60. The maximum atomic E-state index is 9.19. The molecule has 5 heavy (non-hydrogen) atoms. The van der Waals surface area contributed by atoms with Crippen molar-refractivity contribution in [3.8, 4) is 0 Å². The summed E-state index contributed by atoms with van der Waals surface area (Å²) in [5.74, 6) is 4.26. The maximum Gasteiger partial charge on any atom is 0.371 e. The molecule has 0 heterocycles. The molecule has 0 aromatic carbocycles. The molecule has 4 nitrogen and oxygen atoms in total. The molecule has 0 atom stereocenters. The Morgan fingerprint density at radius 2 is 2.20 bits per heavy atom. The van der Waals surface area contributed by atoms with Gasteiger partial charge >= 0.3 is 6.03 Å². The number of carbonyl (C=O) groups is 1. The second-order valence-electron chi connectivity index (χ2n) is 0.434. The van der Waals surface area contributed by atoms with E-state index in [4.69, 9.17) is 5.73 Å². The van der Waals surface area contributed by atoms with Crippen molar-refractivity contribution in [1.82, 2.24) is 11.2 Å². The van der Waals surface area contributed by atoms with Crippen molar-refractivity contribution in [3.63, 3.8) is 0 Å². The van der Waals surface area contributed by atoms with E-state index in [2.05, 4.69) is 11.3 Å². The third kappa shape index (κ3) is 3.23. The first kappa shape index (κ1) is 4.23. The van der Waals surface area contributed by atoms with E-state index in [1.807, 2.05) is 0 Å². The Morgan fingerprint density at radius 3 is 2.20 bits per heavy atom. The van der Waals surface area contributed by atoms with Gasteiger partial charge in [-0.25, -0.2) is 16.4 Å².